The van der Waals surface area contributed by atoms with Gasteiger partial charge in [-0.2, -0.15) is 0 Å². The topological polar surface area (TPSA) is 73.7 Å². The molecule has 6 nitrogen and oxygen atoms in total. The largest absolute Gasteiger partial charge is 0.383 e. The van der Waals surface area contributed by atoms with Gasteiger partial charge in [-0.05, 0) is 49.1 Å². The molecule has 1 atom stereocenters. The van der Waals surface area contributed by atoms with E-state index in [1.165, 1.54) is 0 Å². The van der Waals surface area contributed by atoms with Crippen LogP contribution in [-0.2, 0) is 16.0 Å². The second kappa shape index (κ2) is 8.16. The van der Waals surface area contributed by atoms with E-state index in [1.807, 2.05) is 30.2 Å². The summed E-state index contributed by atoms with van der Waals surface area (Å²) in [4.78, 5) is 32.5. The molecule has 1 N–H and O–H groups in total. The van der Waals surface area contributed by atoms with Crippen LogP contribution in [0.25, 0.3) is 0 Å². The number of carbonyl (C=O) groups excluding carboxylic acids is 2. The van der Waals surface area contributed by atoms with Gasteiger partial charge in [0.2, 0.25) is 5.91 Å². The van der Waals surface area contributed by atoms with Gasteiger partial charge >= 0.3 is 0 Å². The first-order valence-corrected chi connectivity index (χ1v) is 9.66. The van der Waals surface area contributed by atoms with E-state index in [0.29, 0.717) is 25.9 Å². The molecule has 1 spiro atoms. The molecule has 0 aliphatic carbocycles. The average molecular weight is 359 g/mol. The molecule has 1 aromatic rings. The molecule has 0 unspecified atom stereocenters. The van der Waals surface area contributed by atoms with Gasteiger partial charge in [-0.3, -0.25) is 14.6 Å². The Labute approximate surface area is 155 Å². The number of piperidine rings is 2. The van der Waals surface area contributed by atoms with Gasteiger partial charge in [0.25, 0.3) is 5.91 Å². The van der Waals surface area contributed by atoms with E-state index >= 15 is 0 Å². The molecular weight excluding hydrogens is 330 g/mol. The number of hydrogen-bond donors (Lipinski definition) is 1. The van der Waals surface area contributed by atoms with Crippen molar-refractivity contribution in [3.63, 3.8) is 0 Å². The number of rotatable bonds is 5. The molecule has 2 fully saturated rings. The maximum Gasteiger partial charge on any atom is 0.251 e. The molecule has 2 amide bonds. The van der Waals surface area contributed by atoms with Crippen LogP contribution in [0.5, 0.6) is 0 Å². The van der Waals surface area contributed by atoms with Crippen molar-refractivity contribution < 1.29 is 14.7 Å². The summed E-state index contributed by atoms with van der Waals surface area (Å²) in [5.74, 6) is 0.0853. The lowest BCUT2D eigenvalue weighted by Crippen LogP contribution is -2.53. The highest BCUT2D eigenvalue weighted by Crippen LogP contribution is 2.40. The Bertz CT molecular complexity index is 626. The Morgan fingerprint density at radius 1 is 1.35 bits per heavy atom. The van der Waals surface area contributed by atoms with Crippen molar-refractivity contribution in [3.8, 4) is 0 Å². The first kappa shape index (κ1) is 18.8. The molecule has 0 saturated carbocycles. The van der Waals surface area contributed by atoms with Crippen molar-refractivity contribution in [1.82, 2.24) is 14.8 Å². The SMILES string of the molecule is CC[C@@H](O)C(=O)N1CCC2(CCC(=O)N(CCc3cccnc3)C2)CC1. The molecule has 0 bridgehead atoms. The predicted molar refractivity (Wildman–Crippen MR) is 98.3 cm³/mol. The number of carbonyl (C=O) groups is 2. The summed E-state index contributed by atoms with van der Waals surface area (Å²) in [7, 11) is 0. The summed E-state index contributed by atoms with van der Waals surface area (Å²) >= 11 is 0. The molecule has 0 radical (unpaired) electrons. The van der Waals surface area contributed by atoms with Gasteiger partial charge in [-0.15, -0.1) is 0 Å². The highest BCUT2D eigenvalue weighted by molar-refractivity contribution is 5.80. The van der Waals surface area contributed by atoms with E-state index in [0.717, 1.165) is 44.3 Å². The van der Waals surface area contributed by atoms with Gasteiger partial charge in [0.05, 0.1) is 0 Å². The quantitative estimate of drug-likeness (QED) is 0.867. The van der Waals surface area contributed by atoms with Crippen molar-refractivity contribution in [2.24, 2.45) is 5.41 Å². The van der Waals surface area contributed by atoms with Crippen LogP contribution in [0.1, 0.15) is 44.6 Å². The summed E-state index contributed by atoms with van der Waals surface area (Å²) < 4.78 is 0. The monoisotopic (exact) mass is 359 g/mol. The third kappa shape index (κ3) is 4.23. The van der Waals surface area contributed by atoms with Crippen LogP contribution in [0, 0.1) is 5.41 Å². The lowest BCUT2D eigenvalue weighted by molar-refractivity contribution is -0.146. The molecular formula is C20H29N3O3. The van der Waals surface area contributed by atoms with E-state index in [9.17, 15) is 14.7 Å². The Morgan fingerprint density at radius 3 is 2.77 bits per heavy atom. The lowest BCUT2D eigenvalue weighted by Gasteiger charge is -2.47. The summed E-state index contributed by atoms with van der Waals surface area (Å²) in [5, 5.41) is 9.79. The lowest BCUT2D eigenvalue weighted by atomic mass is 9.72. The van der Waals surface area contributed by atoms with Crippen molar-refractivity contribution in [1.29, 1.82) is 0 Å². The van der Waals surface area contributed by atoms with Crippen molar-refractivity contribution in [2.75, 3.05) is 26.2 Å². The summed E-state index contributed by atoms with van der Waals surface area (Å²) in [6.07, 6.45) is 7.33. The van der Waals surface area contributed by atoms with Crippen molar-refractivity contribution in [2.45, 2.75) is 51.6 Å². The van der Waals surface area contributed by atoms with E-state index in [2.05, 4.69) is 4.98 Å². The van der Waals surface area contributed by atoms with Crippen LogP contribution in [0.2, 0.25) is 0 Å². The second-order valence-electron chi connectivity index (χ2n) is 7.68. The fourth-order valence-electron chi connectivity index (χ4n) is 4.11. The summed E-state index contributed by atoms with van der Waals surface area (Å²) in [6.45, 7) is 4.69. The molecule has 2 aliphatic heterocycles. The molecule has 0 aromatic carbocycles. The molecule has 3 rings (SSSR count). The highest BCUT2D eigenvalue weighted by Gasteiger charge is 2.41. The highest BCUT2D eigenvalue weighted by atomic mass is 16.3. The first-order valence-electron chi connectivity index (χ1n) is 9.66. The van der Waals surface area contributed by atoms with Crippen LogP contribution in [0.3, 0.4) is 0 Å². The van der Waals surface area contributed by atoms with Gasteiger partial charge < -0.3 is 14.9 Å². The van der Waals surface area contributed by atoms with Crippen LogP contribution in [0.15, 0.2) is 24.5 Å². The van der Waals surface area contributed by atoms with Gasteiger partial charge in [-0.1, -0.05) is 13.0 Å². The zero-order valence-electron chi connectivity index (χ0n) is 15.6. The van der Waals surface area contributed by atoms with E-state index in [1.54, 1.807) is 11.1 Å². The smallest absolute Gasteiger partial charge is 0.251 e. The molecule has 2 aliphatic rings. The Hall–Kier alpha value is -1.95. The van der Waals surface area contributed by atoms with Gasteiger partial charge in [0.1, 0.15) is 6.10 Å². The molecule has 1 aromatic heterocycles. The minimum absolute atomic E-state index is 0.122. The van der Waals surface area contributed by atoms with Crippen LogP contribution >= 0.6 is 0 Å². The zero-order valence-corrected chi connectivity index (χ0v) is 15.6. The Kier molecular flexibility index (Phi) is 5.91. The van der Waals surface area contributed by atoms with Crippen LogP contribution in [0.4, 0.5) is 0 Å². The Balaban J connectivity index is 1.56. The summed E-state index contributed by atoms with van der Waals surface area (Å²) in [5.41, 5.74) is 1.27. The molecule has 142 valence electrons. The predicted octanol–water partition coefficient (Wildman–Crippen LogP) is 1.63. The fourth-order valence-corrected chi connectivity index (χ4v) is 4.11. The molecule has 2 saturated heterocycles. The molecule has 3 heterocycles. The normalized spacial score (nSPS) is 21.1. The van der Waals surface area contributed by atoms with Crippen LogP contribution < -0.4 is 0 Å². The maximum atomic E-state index is 12.4. The minimum atomic E-state index is -0.882. The maximum absolute atomic E-state index is 12.4. The summed E-state index contributed by atoms with van der Waals surface area (Å²) in [6, 6.07) is 3.96. The number of hydrogen-bond acceptors (Lipinski definition) is 4. The van der Waals surface area contributed by atoms with Gasteiger partial charge in [0, 0.05) is 45.0 Å². The Morgan fingerprint density at radius 2 is 2.12 bits per heavy atom. The molecule has 6 heteroatoms. The minimum Gasteiger partial charge on any atom is -0.383 e. The van der Waals surface area contributed by atoms with Gasteiger partial charge in [0.15, 0.2) is 0 Å². The molecule has 26 heavy (non-hydrogen) atoms. The number of aliphatic hydroxyl groups excluding tert-OH is 1. The third-order valence-corrected chi connectivity index (χ3v) is 5.95. The van der Waals surface area contributed by atoms with Crippen molar-refractivity contribution in [3.05, 3.63) is 30.1 Å². The number of aromatic nitrogens is 1. The van der Waals surface area contributed by atoms with E-state index < -0.39 is 6.10 Å². The average Bonchev–Trinajstić information content (AvgIpc) is 2.69. The standard InChI is InChI=1S/C20H29N3O3/c1-2-17(24)19(26)22-12-8-20(9-13-22)7-5-18(25)23(15-20)11-6-16-4-3-10-21-14-16/h3-4,10,14,17,24H,2,5-9,11-13,15H2,1H3/t17-/m1/s1. The van der Waals surface area contributed by atoms with Crippen molar-refractivity contribution >= 4 is 11.8 Å². The number of aliphatic hydroxyl groups is 1. The fraction of sp³-hybridized carbons (Fsp3) is 0.650. The van der Waals surface area contributed by atoms with E-state index in [-0.39, 0.29) is 17.2 Å². The number of pyridine rings is 1. The van der Waals surface area contributed by atoms with E-state index in [4.69, 9.17) is 0 Å². The number of nitrogens with zero attached hydrogens (tertiary/aromatic N) is 3. The number of amides is 2. The number of likely N-dealkylation sites (tertiary alicyclic amines) is 2. The third-order valence-electron chi connectivity index (χ3n) is 5.95. The van der Waals surface area contributed by atoms with Crippen LogP contribution in [-0.4, -0.2) is 64.0 Å². The second-order valence-corrected chi connectivity index (χ2v) is 7.68. The zero-order chi connectivity index (χ0) is 18.6. The first-order chi connectivity index (χ1) is 12.5. The van der Waals surface area contributed by atoms with Gasteiger partial charge in [-0.25, -0.2) is 0 Å².